The van der Waals surface area contributed by atoms with Gasteiger partial charge in [0.15, 0.2) is 0 Å². The molecular weight excluding hydrogens is 205 g/mol. The van der Waals surface area contributed by atoms with Gasteiger partial charge in [-0.15, -0.1) is 0 Å². The lowest BCUT2D eigenvalue weighted by molar-refractivity contribution is 0.412. The van der Waals surface area contributed by atoms with Crippen molar-refractivity contribution in [2.45, 2.75) is 32.2 Å². The quantitative estimate of drug-likeness (QED) is 0.847. The lowest BCUT2D eigenvalue weighted by Crippen LogP contribution is -2.15. The van der Waals surface area contributed by atoms with Crippen molar-refractivity contribution in [1.29, 1.82) is 0 Å². The van der Waals surface area contributed by atoms with Crippen LogP contribution < -0.4 is 10.1 Å². The first-order valence-electron chi connectivity index (χ1n) is 5.79. The first-order chi connectivity index (χ1) is 7.69. The van der Waals surface area contributed by atoms with Crippen LogP contribution >= 0.6 is 0 Å². The molecule has 1 aromatic carbocycles. The van der Waals surface area contributed by atoms with Gasteiger partial charge in [0.05, 0.1) is 12.8 Å². The van der Waals surface area contributed by atoms with Gasteiger partial charge in [0.1, 0.15) is 11.6 Å². The van der Waals surface area contributed by atoms with Crippen molar-refractivity contribution in [3.63, 3.8) is 0 Å². The molecule has 1 aliphatic rings. The van der Waals surface area contributed by atoms with Gasteiger partial charge in [0, 0.05) is 12.1 Å². The molecule has 3 heteroatoms. The largest absolute Gasteiger partial charge is 0.494 e. The molecular formula is C13H18FNO. The third-order valence-corrected chi connectivity index (χ3v) is 3.22. The SMILES string of the molecule is COc1cc(F)ccc1NC1CCC(C)C1. The van der Waals surface area contributed by atoms with Crippen LogP contribution in [0.15, 0.2) is 18.2 Å². The molecule has 0 amide bonds. The van der Waals surface area contributed by atoms with E-state index in [1.165, 1.54) is 31.4 Å². The summed E-state index contributed by atoms with van der Waals surface area (Å²) in [6.45, 7) is 2.27. The molecule has 1 aliphatic carbocycles. The predicted octanol–water partition coefficient (Wildman–Crippen LogP) is 3.43. The Kier molecular flexibility index (Phi) is 3.32. The summed E-state index contributed by atoms with van der Waals surface area (Å²) in [6, 6.07) is 5.12. The van der Waals surface area contributed by atoms with Gasteiger partial charge in [-0.3, -0.25) is 0 Å². The fourth-order valence-electron chi connectivity index (χ4n) is 2.34. The molecule has 1 aromatic rings. The summed E-state index contributed by atoms with van der Waals surface area (Å²) in [5.41, 5.74) is 0.892. The number of benzene rings is 1. The van der Waals surface area contributed by atoms with E-state index in [2.05, 4.69) is 12.2 Å². The number of ether oxygens (including phenoxy) is 1. The lowest BCUT2D eigenvalue weighted by atomic mass is 10.1. The van der Waals surface area contributed by atoms with E-state index in [-0.39, 0.29) is 5.82 Å². The van der Waals surface area contributed by atoms with Gasteiger partial charge in [-0.05, 0) is 37.3 Å². The fraction of sp³-hybridized carbons (Fsp3) is 0.538. The normalized spacial score (nSPS) is 24.4. The van der Waals surface area contributed by atoms with Crippen LogP contribution in [-0.2, 0) is 0 Å². The number of hydrogen-bond donors (Lipinski definition) is 1. The number of methoxy groups -OCH3 is 1. The highest BCUT2D eigenvalue weighted by Crippen LogP contribution is 2.31. The van der Waals surface area contributed by atoms with Crippen molar-refractivity contribution in [3.8, 4) is 5.75 Å². The van der Waals surface area contributed by atoms with Gasteiger partial charge in [-0.25, -0.2) is 4.39 Å². The molecule has 16 heavy (non-hydrogen) atoms. The fourth-order valence-corrected chi connectivity index (χ4v) is 2.34. The average Bonchev–Trinajstić information content (AvgIpc) is 2.67. The maximum absolute atomic E-state index is 13.0. The first kappa shape index (κ1) is 11.2. The number of rotatable bonds is 3. The molecule has 2 rings (SSSR count). The van der Waals surface area contributed by atoms with Crippen molar-refractivity contribution < 1.29 is 9.13 Å². The highest BCUT2D eigenvalue weighted by molar-refractivity contribution is 5.57. The van der Waals surface area contributed by atoms with Gasteiger partial charge in [-0.1, -0.05) is 6.92 Å². The van der Waals surface area contributed by atoms with Crippen molar-refractivity contribution >= 4 is 5.69 Å². The molecule has 2 atom stereocenters. The van der Waals surface area contributed by atoms with Gasteiger partial charge >= 0.3 is 0 Å². The van der Waals surface area contributed by atoms with E-state index in [0.717, 1.165) is 11.6 Å². The van der Waals surface area contributed by atoms with Gasteiger partial charge in [-0.2, -0.15) is 0 Å². The van der Waals surface area contributed by atoms with E-state index in [9.17, 15) is 4.39 Å². The Morgan fingerprint density at radius 3 is 2.81 bits per heavy atom. The molecule has 2 unspecified atom stereocenters. The highest BCUT2D eigenvalue weighted by Gasteiger charge is 2.21. The second-order valence-corrected chi connectivity index (χ2v) is 4.60. The molecule has 88 valence electrons. The smallest absolute Gasteiger partial charge is 0.144 e. The molecule has 0 radical (unpaired) electrons. The maximum atomic E-state index is 13.0. The minimum absolute atomic E-state index is 0.262. The van der Waals surface area contributed by atoms with Crippen molar-refractivity contribution in [3.05, 3.63) is 24.0 Å². The Morgan fingerprint density at radius 2 is 2.19 bits per heavy atom. The zero-order chi connectivity index (χ0) is 11.5. The molecule has 0 spiro atoms. The molecule has 2 nitrogen and oxygen atoms in total. The van der Waals surface area contributed by atoms with Crippen LogP contribution in [-0.4, -0.2) is 13.2 Å². The molecule has 1 N–H and O–H groups in total. The summed E-state index contributed by atoms with van der Waals surface area (Å²) < 4.78 is 18.2. The summed E-state index contributed by atoms with van der Waals surface area (Å²) in [6.07, 6.45) is 3.63. The van der Waals surface area contributed by atoms with Crippen molar-refractivity contribution in [1.82, 2.24) is 0 Å². The maximum Gasteiger partial charge on any atom is 0.144 e. The number of anilines is 1. The van der Waals surface area contributed by atoms with Crippen LogP contribution in [0, 0.1) is 11.7 Å². The molecule has 0 saturated heterocycles. The first-order valence-corrected chi connectivity index (χ1v) is 5.79. The van der Waals surface area contributed by atoms with Crippen molar-refractivity contribution in [2.24, 2.45) is 5.92 Å². The van der Waals surface area contributed by atoms with E-state index in [1.807, 2.05) is 0 Å². The number of halogens is 1. The Bertz CT molecular complexity index is 367. The monoisotopic (exact) mass is 223 g/mol. The topological polar surface area (TPSA) is 21.3 Å². The van der Waals surface area contributed by atoms with Crippen LogP contribution in [0.1, 0.15) is 26.2 Å². The Labute approximate surface area is 95.8 Å². The Morgan fingerprint density at radius 1 is 1.38 bits per heavy atom. The van der Waals surface area contributed by atoms with E-state index in [4.69, 9.17) is 4.74 Å². The lowest BCUT2D eigenvalue weighted by Gasteiger charge is -2.16. The van der Waals surface area contributed by atoms with E-state index < -0.39 is 0 Å². The second kappa shape index (κ2) is 4.73. The van der Waals surface area contributed by atoms with Gasteiger partial charge in [0.25, 0.3) is 0 Å². The zero-order valence-corrected chi connectivity index (χ0v) is 9.79. The molecule has 0 heterocycles. The van der Waals surface area contributed by atoms with E-state index in [0.29, 0.717) is 11.8 Å². The minimum Gasteiger partial charge on any atom is -0.494 e. The molecule has 0 bridgehead atoms. The summed E-state index contributed by atoms with van der Waals surface area (Å²) in [5, 5.41) is 3.43. The standard InChI is InChI=1S/C13H18FNO/c1-9-3-5-11(7-9)15-12-6-4-10(14)8-13(12)16-2/h4,6,8-9,11,15H,3,5,7H2,1-2H3. The molecule has 1 saturated carbocycles. The highest BCUT2D eigenvalue weighted by atomic mass is 19.1. The summed E-state index contributed by atoms with van der Waals surface area (Å²) in [4.78, 5) is 0. The predicted molar refractivity (Wildman–Crippen MR) is 63.4 cm³/mol. The third-order valence-electron chi connectivity index (χ3n) is 3.22. The molecule has 0 aliphatic heterocycles. The number of hydrogen-bond acceptors (Lipinski definition) is 2. The Balaban J connectivity index is 2.08. The molecule has 0 aromatic heterocycles. The van der Waals surface area contributed by atoms with Crippen LogP contribution in [0.3, 0.4) is 0 Å². The van der Waals surface area contributed by atoms with Crippen molar-refractivity contribution in [2.75, 3.05) is 12.4 Å². The summed E-state index contributed by atoms with van der Waals surface area (Å²) in [7, 11) is 1.57. The minimum atomic E-state index is -0.262. The van der Waals surface area contributed by atoms with Crippen LogP contribution in [0.4, 0.5) is 10.1 Å². The molecule has 1 fully saturated rings. The van der Waals surface area contributed by atoms with Crippen LogP contribution in [0.5, 0.6) is 5.75 Å². The zero-order valence-electron chi connectivity index (χ0n) is 9.79. The third kappa shape index (κ3) is 2.46. The number of nitrogens with one attached hydrogen (secondary N) is 1. The Hall–Kier alpha value is -1.25. The summed E-state index contributed by atoms with van der Waals surface area (Å²) >= 11 is 0. The van der Waals surface area contributed by atoms with E-state index in [1.54, 1.807) is 13.2 Å². The van der Waals surface area contributed by atoms with E-state index >= 15 is 0 Å². The second-order valence-electron chi connectivity index (χ2n) is 4.60. The van der Waals surface area contributed by atoms with Crippen LogP contribution in [0.2, 0.25) is 0 Å². The average molecular weight is 223 g/mol. The summed E-state index contributed by atoms with van der Waals surface area (Å²) in [5.74, 6) is 1.10. The van der Waals surface area contributed by atoms with Gasteiger partial charge in [0.2, 0.25) is 0 Å². The van der Waals surface area contributed by atoms with Crippen LogP contribution in [0.25, 0.3) is 0 Å². The van der Waals surface area contributed by atoms with Gasteiger partial charge < -0.3 is 10.1 Å².